The van der Waals surface area contributed by atoms with E-state index in [0.29, 0.717) is 12.5 Å². The van der Waals surface area contributed by atoms with Crippen molar-refractivity contribution in [2.45, 2.75) is 25.8 Å². The summed E-state index contributed by atoms with van der Waals surface area (Å²) >= 11 is 1.67. The minimum absolute atomic E-state index is 0.0997. The predicted molar refractivity (Wildman–Crippen MR) is 75.6 cm³/mol. The second kappa shape index (κ2) is 5.71. The van der Waals surface area contributed by atoms with Crippen molar-refractivity contribution in [3.63, 3.8) is 0 Å². The Labute approximate surface area is 115 Å². The summed E-state index contributed by atoms with van der Waals surface area (Å²) in [4.78, 5) is 13.0. The molecule has 2 N–H and O–H groups in total. The van der Waals surface area contributed by atoms with Crippen LogP contribution in [0.3, 0.4) is 0 Å². The van der Waals surface area contributed by atoms with Crippen molar-refractivity contribution in [1.82, 2.24) is 20.1 Å². The van der Waals surface area contributed by atoms with Gasteiger partial charge >= 0.3 is 5.69 Å². The van der Waals surface area contributed by atoms with Crippen molar-refractivity contribution < 1.29 is 0 Å². The molecule has 2 aromatic rings. The normalized spacial score (nSPS) is 16.8. The molecule has 19 heavy (non-hydrogen) atoms. The molecule has 0 aromatic carbocycles. The molecule has 2 aromatic heterocycles. The van der Waals surface area contributed by atoms with Crippen LogP contribution in [0.5, 0.6) is 0 Å². The van der Waals surface area contributed by atoms with E-state index in [0.717, 1.165) is 25.3 Å². The van der Waals surface area contributed by atoms with E-state index in [1.165, 1.54) is 17.7 Å². The van der Waals surface area contributed by atoms with Gasteiger partial charge in [-0.15, -0.1) is 11.3 Å². The number of aromatic nitrogens is 3. The first-order chi connectivity index (χ1) is 9.33. The molecule has 0 atom stereocenters. The van der Waals surface area contributed by atoms with Gasteiger partial charge in [0.2, 0.25) is 0 Å². The van der Waals surface area contributed by atoms with Crippen molar-refractivity contribution in [3.05, 3.63) is 38.7 Å². The molecule has 5 nitrogen and oxygen atoms in total. The largest absolute Gasteiger partial charge is 0.343 e. The number of thiophene rings is 1. The molecule has 102 valence electrons. The van der Waals surface area contributed by atoms with Crippen LogP contribution in [-0.2, 0) is 13.0 Å². The van der Waals surface area contributed by atoms with E-state index in [1.54, 1.807) is 15.9 Å². The summed E-state index contributed by atoms with van der Waals surface area (Å²) in [5.41, 5.74) is -0.0997. The van der Waals surface area contributed by atoms with Gasteiger partial charge in [0.05, 0.1) is 6.54 Å². The minimum atomic E-state index is -0.0997. The van der Waals surface area contributed by atoms with Crippen molar-refractivity contribution in [1.29, 1.82) is 0 Å². The molecule has 1 aliphatic heterocycles. The summed E-state index contributed by atoms with van der Waals surface area (Å²) in [5.74, 6) is 1.53. The first kappa shape index (κ1) is 12.6. The van der Waals surface area contributed by atoms with Crippen molar-refractivity contribution in [3.8, 4) is 0 Å². The zero-order valence-corrected chi connectivity index (χ0v) is 11.6. The van der Waals surface area contributed by atoms with E-state index < -0.39 is 0 Å². The Morgan fingerprint density at radius 1 is 1.42 bits per heavy atom. The van der Waals surface area contributed by atoms with E-state index in [4.69, 9.17) is 0 Å². The van der Waals surface area contributed by atoms with Crippen LogP contribution in [0.15, 0.2) is 22.3 Å². The number of aromatic amines is 1. The lowest BCUT2D eigenvalue weighted by atomic mass is 9.94. The maximum Gasteiger partial charge on any atom is 0.343 e. The molecule has 0 bridgehead atoms. The summed E-state index contributed by atoms with van der Waals surface area (Å²) in [5, 5.41) is 12.2. The topological polar surface area (TPSA) is 62.7 Å². The molecule has 3 heterocycles. The van der Waals surface area contributed by atoms with Crippen LogP contribution in [0.25, 0.3) is 0 Å². The Kier molecular flexibility index (Phi) is 3.79. The molecule has 3 rings (SSSR count). The maximum absolute atomic E-state index is 11.8. The molecule has 0 spiro atoms. The molecular weight excluding hydrogens is 260 g/mol. The molecule has 0 saturated carbocycles. The molecule has 1 aliphatic rings. The van der Waals surface area contributed by atoms with Crippen LogP contribution in [-0.4, -0.2) is 27.9 Å². The quantitative estimate of drug-likeness (QED) is 0.884. The number of H-pyrrole nitrogens is 1. The van der Waals surface area contributed by atoms with E-state index in [9.17, 15) is 4.79 Å². The Hall–Kier alpha value is -1.40. The number of nitrogens with zero attached hydrogens (tertiary/aromatic N) is 2. The van der Waals surface area contributed by atoms with E-state index in [-0.39, 0.29) is 5.69 Å². The summed E-state index contributed by atoms with van der Waals surface area (Å²) in [6.45, 7) is 2.78. The second-order valence-electron chi connectivity index (χ2n) is 5.01. The lowest BCUT2D eigenvalue weighted by Gasteiger charge is -2.22. The van der Waals surface area contributed by atoms with Gasteiger partial charge in [-0.05, 0) is 43.3 Å². The molecule has 0 amide bonds. The smallest absolute Gasteiger partial charge is 0.317 e. The van der Waals surface area contributed by atoms with E-state index in [2.05, 4.69) is 21.6 Å². The van der Waals surface area contributed by atoms with Gasteiger partial charge in [0.1, 0.15) is 5.82 Å². The zero-order valence-electron chi connectivity index (χ0n) is 10.8. The highest BCUT2D eigenvalue weighted by Gasteiger charge is 2.18. The lowest BCUT2D eigenvalue weighted by Crippen LogP contribution is -2.29. The Balaban J connectivity index is 1.76. The highest BCUT2D eigenvalue weighted by Crippen LogP contribution is 2.17. The van der Waals surface area contributed by atoms with Crippen LogP contribution in [0, 0.1) is 5.92 Å². The minimum Gasteiger partial charge on any atom is -0.317 e. The van der Waals surface area contributed by atoms with Crippen LogP contribution in [0.4, 0.5) is 0 Å². The van der Waals surface area contributed by atoms with E-state index >= 15 is 0 Å². The Bertz CT molecular complexity index is 566. The van der Waals surface area contributed by atoms with Gasteiger partial charge < -0.3 is 5.32 Å². The first-order valence-electron chi connectivity index (χ1n) is 6.70. The van der Waals surface area contributed by atoms with Crippen molar-refractivity contribution >= 4 is 11.3 Å². The molecular formula is C13H18N4OS. The predicted octanol–water partition coefficient (Wildman–Crippen LogP) is 1.22. The zero-order chi connectivity index (χ0) is 13.1. The van der Waals surface area contributed by atoms with Gasteiger partial charge in [0, 0.05) is 11.3 Å². The van der Waals surface area contributed by atoms with Gasteiger partial charge in [0.25, 0.3) is 0 Å². The van der Waals surface area contributed by atoms with Crippen LogP contribution < -0.4 is 11.0 Å². The van der Waals surface area contributed by atoms with Crippen LogP contribution in [0.2, 0.25) is 0 Å². The first-order valence-corrected chi connectivity index (χ1v) is 7.58. The number of rotatable bonds is 4. The summed E-state index contributed by atoms with van der Waals surface area (Å²) in [6.07, 6.45) is 3.23. The highest BCUT2D eigenvalue weighted by atomic mass is 32.1. The van der Waals surface area contributed by atoms with Crippen LogP contribution in [0.1, 0.15) is 23.5 Å². The third-order valence-corrected chi connectivity index (χ3v) is 4.52. The number of nitrogens with one attached hydrogen (secondary N) is 2. The average molecular weight is 278 g/mol. The summed E-state index contributed by atoms with van der Waals surface area (Å²) in [6, 6.07) is 4.07. The summed E-state index contributed by atoms with van der Waals surface area (Å²) < 4.78 is 1.77. The Morgan fingerprint density at radius 2 is 2.26 bits per heavy atom. The second-order valence-corrected chi connectivity index (χ2v) is 6.04. The molecule has 1 saturated heterocycles. The fourth-order valence-corrected chi connectivity index (χ4v) is 3.26. The monoisotopic (exact) mass is 278 g/mol. The SMILES string of the molecule is O=c1[nH]nc(CC2CCNCC2)n1Cc1cccs1. The van der Waals surface area contributed by atoms with Crippen LogP contribution >= 0.6 is 11.3 Å². The van der Waals surface area contributed by atoms with E-state index in [1.807, 2.05) is 11.4 Å². The van der Waals surface area contributed by atoms with Gasteiger partial charge in [-0.2, -0.15) is 5.10 Å². The third-order valence-electron chi connectivity index (χ3n) is 3.66. The number of hydrogen-bond acceptors (Lipinski definition) is 4. The third kappa shape index (κ3) is 2.96. The number of hydrogen-bond donors (Lipinski definition) is 2. The molecule has 1 fully saturated rings. The highest BCUT2D eigenvalue weighted by molar-refractivity contribution is 7.09. The fourth-order valence-electron chi connectivity index (χ4n) is 2.57. The standard InChI is InChI=1S/C13H18N4OS/c18-13-16-15-12(8-10-3-5-14-6-4-10)17(13)9-11-2-1-7-19-11/h1-2,7,10,14H,3-6,8-9H2,(H,16,18). The average Bonchev–Trinajstić information content (AvgIpc) is 3.05. The van der Waals surface area contributed by atoms with Gasteiger partial charge in [-0.3, -0.25) is 4.57 Å². The van der Waals surface area contributed by atoms with Gasteiger partial charge in [0.15, 0.2) is 0 Å². The fraction of sp³-hybridized carbons (Fsp3) is 0.538. The Morgan fingerprint density at radius 3 is 3.00 bits per heavy atom. The number of piperidine rings is 1. The lowest BCUT2D eigenvalue weighted by molar-refractivity contribution is 0.363. The van der Waals surface area contributed by atoms with Gasteiger partial charge in [-0.25, -0.2) is 9.89 Å². The summed E-state index contributed by atoms with van der Waals surface area (Å²) in [7, 11) is 0. The van der Waals surface area contributed by atoms with Crippen molar-refractivity contribution in [2.24, 2.45) is 5.92 Å². The molecule has 6 heteroatoms. The molecule has 0 aliphatic carbocycles. The molecule has 0 radical (unpaired) electrons. The maximum atomic E-state index is 11.8. The molecule has 0 unspecified atom stereocenters. The van der Waals surface area contributed by atoms with Gasteiger partial charge in [-0.1, -0.05) is 6.07 Å². The van der Waals surface area contributed by atoms with Crippen molar-refractivity contribution in [2.75, 3.05) is 13.1 Å².